The summed E-state index contributed by atoms with van der Waals surface area (Å²) in [6.45, 7) is 3.79. The van der Waals surface area contributed by atoms with Crippen LogP contribution >= 0.6 is 11.6 Å². The zero-order valence-corrected chi connectivity index (χ0v) is 13.6. The van der Waals surface area contributed by atoms with E-state index in [1.165, 1.54) is 12.1 Å². The van der Waals surface area contributed by atoms with Gasteiger partial charge in [0.2, 0.25) is 5.89 Å². The van der Waals surface area contributed by atoms with Gasteiger partial charge in [0.1, 0.15) is 11.6 Å². The Balaban J connectivity index is 1.74. The maximum atomic E-state index is 13.0. The third kappa shape index (κ3) is 5.21. The Hall–Kier alpha value is -2.15. The molecule has 0 radical (unpaired) electrons. The number of nitrogens with one attached hydrogen (secondary N) is 1. The molecule has 0 bridgehead atoms. The first-order chi connectivity index (χ1) is 11.0. The van der Waals surface area contributed by atoms with Crippen molar-refractivity contribution in [3.63, 3.8) is 0 Å². The van der Waals surface area contributed by atoms with Crippen LogP contribution in [0, 0.1) is 12.7 Å². The highest BCUT2D eigenvalue weighted by molar-refractivity contribution is 6.32. The fraction of sp³-hybridized carbons (Fsp3) is 0.400. The van der Waals surface area contributed by atoms with Crippen LogP contribution in [-0.2, 0) is 11.2 Å². The van der Waals surface area contributed by atoms with Gasteiger partial charge in [-0.1, -0.05) is 16.8 Å². The lowest BCUT2D eigenvalue weighted by atomic mass is 10.3. The normalized spacial score (nSPS) is 12.0. The number of hydrogen-bond acceptors (Lipinski definition) is 5. The zero-order chi connectivity index (χ0) is 16.8. The molecule has 0 saturated carbocycles. The molecule has 1 heterocycles. The molecule has 1 atom stereocenters. The number of nitrogens with zero attached hydrogens (tertiary/aromatic N) is 2. The summed E-state index contributed by atoms with van der Waals surface area (Å²) >= 11 is 5.85. The van der Waals surface area contributed by atoms with Crippen molar-refractivity contribution >= 4 is 17.5 Å². The van der Waals surface area contributed by atoms with Gasteiger partial charge in [-0.2, -0.15) is 4.98 Å². The highest BCUT2D eigenvalue weighted by Crippen LogP contribution is 2.25. The summed E-state index contributed by atoms with van der Waals surface area (Å²) < 4.78 is 23.4. The summed E-state index contributed by atoms with van der Waals surface area (Å²) in [7, 11) is 0. The lowest BCUT2D eigenvalue weighted by Gasteiger charge is -2.15. The summed E-state index contributed by atoms with van der Waals surface area (Å²) in [5.41, 5.74) is 0. The van der Waals surface area contributed by atoms with Crippen LogP contribution in [0.4, 0.5) is 4.39 Å². The van der Waals surface area contributed by atoms with Crippen molar-refractivity contribution in [2.45, 2.75) is 32.8 Å². The predicted molar refractivity (Wildman–Crippen MR) is 81.9 cm³/mol. The molecule has 0 fully saturated rings. The monoisotopic (exact) mass is 341 g/mol. The van der Waals surface area contributed by atoms with Gasteiger partial charge in [-0.05, 0) is 38.5 Å². The Morgan fingerprint density at radius 1 is 1.52 bits per heavy atom. The molecule has 1 N–H and O–H groups in total. The van der Waals surface area contributed by atoms with Crippen LogP contribution in [0.3, 0.4) is 0 Å². The van der Waals surface area contributed by atoms with Crippen LogP contribution < -0.4 is 10.1 Å². The number of aromatic nitrogens is 2. The maximum absolute atomic E-state index is 13.0. The van der Waals surface area contributed by atoms with E-state index in [1.54, 1.807) is 13.8 Å². The summed E-state index contributed by atoms with van der Waals surface area (Å²) in [5, 5.41) is 6.55. The largest absolute Gasteiger partial charge is 0.479 e. The lowest BCUT2D eigenvalue weighted by Crippen LogP contribution is -2.37. The van der Waals surface area contributed by atoms with E-state index < -0.39 is 11.9 Å². The molecule has 2 aromatic rings. The second kappa shape index (κ2) is 7.92. The van der Waals surface area contributed by atoms with Gasteiger partial charge in [0.25, 0.3) is 5.91 Å². The fourth-order valence-corrected chi connectivity index (χ4v) is 2.06. The van der Waals surface area contributed by atoms with Crippen LogP contribution in [0.15, 0.2) is 22.7 Å². The van der Waals surface area contributed by atoms with Crippen molar-refractivity contribution in [2.24, 2.45) is 0 Å². The molecular formula is C15H17ClFN3O3. The first-order valence-corrected chi connectivity index (χ1v) is 7.52. The SMILES string of the molecule is Cc1noc(CCCNC(=O)C(C)Oc2ccc(F)cc2Cl)n1. The van der Waals surface area contributed by atoms with E-state index in [4.69, 9.17) is 20.9 Å². The van der Waals surface area contributed by atoms with Gasteiger partial charge >= 0.3 is 0 Å². The number of amides is 1. The Morgan fingerprint density at radius 3 is 2.96 bits per heavy atom. The van der Waals surface area contributed by atoms with E-state index in [1.807, 2.05) is 0 Å². The topological polar surface area (TPSA) is 77.2 Å². The van der Waals surface area contributed by atoms with E-state index in [2.05, 4.69) is 15.5 Å². The van der Waals surface area contributed by atoms with Gasteiger partial charge in [0, 0.05) is 13.0 Å². The van der Waals surface area contributed by atoms with Gasteiger partial charge in [-0.3, -0.25) is 4.79 Å². The van der Waals surface area contributed by atoms with Gasteiger partial charge in [-0.25, -0.2) is 4.39 Å². The van der Waals surface area contributed by atoms with Gasteiger partial charge in [0.15, 0.2) is 11.9 Å². The average Bonchev–Trinajstić information content (AvgIpc) is 2.91. The number of rotatable bonds is 7. The van der Waals surface area contributed by atoms with E-state index >= 15 is 0 Å². The van der Waals surface area contributed by atoms with E-state index in [-0.39, 0.29) is 16.7 Å². The second-order valence-corrected chi connectivity index (χ2v) is 5.37. The van der Waals surface area contributed by atoms with Crippen LogP contribution in [-0.4, -0.2) is 28.7 Å². The molecule has 0 aliphatic heterocycles. The van der Waals surface area contributed by atoms with Gasteiger partial charge < -0.3 is 14.6 Å². The molecule has 2 rings (SSSR count). The van der Waals surface area contributed by atoms with E-state index in [9.17, 15) is 9.18 Å². The lowest BCUT2D eigenvalue weighted by molar-refractivity contribution is -0.127. The molecule has 0 spiro atoms. The summed E-state index contributed by atoms with van der Waals surface area (Å²) in [6, 6.07) is 3.74. The molecule has 1 aromatic heterocycles. The number of carbonyl (C=O) groups is 1. The summed E-state index contributed by atoms with van der Waals surface area (Å²) in [5.74, 6) is 0.640. The highest BCUT2D eigenvalue weighted by Gasteiger charge is 2.16. The Morgan fingerprint density at radius 2 is 2.30 bits per heavy atom. The number of ether oxygens (including phenoxy) is 1. The van der Waals surface area contributed by atoms with Crippen LogP contribution in [0.1, 0.15) is 25.1 Å². The van der Waals surface area contributed by atoms with Crippen molar-refractivity contribution < 1.29 is 18.4 Å². The molecule has 124 valence electrons. The standard InChI is InChI=1S/C15H17ClFN3O3/c1-9(22-13-6-5-11(17)8-12(13)16)15(21)18-7-3-4-14-19-10(2)20-23-14/h5-6,8-9H,3-4,7H2,1-2H3,(H,18,21). The molecule has 6 nitrogen and oxygen atoms in total. The maximum Gasteiger partial charge on any atom is 0.260 e. The minimum atomic E-state index is -0.747. The summed E-state index contributed by atoms with van der Waals surface area (Å²) in [4.78, 5) is 16.0. The smallest absolute Gasteiger partial charge is 0.260 e. The molecule has 1 unspecified atom stereocenters. The Labute approximate surface area is 138 Å². The Kier molecular flexibility index (Phi) is 5.92. The molecule has 1 amide bonds. The van der Waals surface area contributed by atoms with Gasteiger partial charge in [0.05, 0.1) is 5.02 Å². The van der Waals surface area contributed by atoms with Crippen LogP contribution in [0.25, 0.3) is 0 Å². The molecule has 23 heavy (non-hydrogen) atoms. The minimum absolute atomic E-state index is 0.122. The third-order valence-electron chi connectivity index (χ3n) is 3.00. The number of hydrogen-bond donors (Lipinski definition) is 1. The minimum Gasteiger partial charge on any atom is -0.479 e. The predicted octanol–water partition coefficient (Wildman–Crippen LogP) is 2.69. The number of carbonyl (C=O) groups excluding carboxylic acids is 1. The molecule has 8 heteroatoms. The second-order valence-electron chi connectivity index (χ2n) is 4.96. The molecule has 1 aromatic carbocycles. The number of aryl methyl sites for hydroxylation is 2. The van der Waals surface area contributed by atoms with Crippen molar-refractivity contribution in [3.8, 4) is 5.75 Å². The van der Waals surface area contributed by atoms with Crippen molar-refractivity contribution in [1.29, 1.82) is 0 Å². The fourth-order valence-electron chi connectivity index (χ4n) is 1.85. The van der Waals surface area contributed by atoms with Crippen molar-refractivity contribution in [2.75, 3.05) is 6.54 Å². The zero-order valence-electron chi connectivity index (χ0n) is 12.8. The van der Waals surface area contributed by atoms with E-state index in [0.717, 1.165) is 6.07 Å². The molecule has 0 saturated heterocycles. The quantitative estimate of drug-likeness (QED) is 0.783. The highest BCUT2D eigenvalue weighted by atomic mass is 35.5. The first-order valence-electron chi connectivity index (χ1n) is 7.14. The summed E-state index contributed by atoms with van der Waals surface area (Å²) in [6.07, 6.45) is 0.501. The number of halogens is 2. The molecule has 0 aliphatic rings. The van der Waals surface area contributed by atoms with Crippen molar-refractivity contribution in [1.82, 2.24) is 15.5 Å². The first kappa shape index (κ1) is 17.2. The van der Waals surface area contributed by atoms with Crippen molar-refractivity contribution in [3.05, 3.63) is 40.8 Å². The molecular weight excluding hydrogens is 325 g/mol. The molecule has 0 aliphatic carbocycles. The van der Waals surface area contributed by atoms with E-state index in [0.29, 0.717) is 31.1 Å². The van der Waals surface area contributed by atoms with Crippen LogP contribution in [0.2, 0.25) is 5.02 Å². The number of benzene rings is 1. The third-order valence-corrected chi connectivity index (χ3v) is 3.30. The average molecular weight is 342 g/mol. The Bertz CT molecular complexity index is 678. The van der Waals surface area contributed by atoms with Gasteiger partial charge in [-0.15, -0.1) is 0 Å². The van der Waals surface area contributed by atoms with Crippen LogP contribution in [0.5, 0.6) is 5.75 Å².